The summed E-state index contributed by atoms with van der Waals surface area (Å²) in [6.45, 7) is 0. The lowest BCUT2D eigenvalue weighted by atomic mass is 9.96. The minimum Gasteiger partial charge on any atom is -0.377 e. The van der Waals surface area contributed by atoms with Crippen molar-refractivity contribution in [2.45, 2.75) is 38.1 Å². The minimum atomic E-state index is 0.562. The molecule has 0 bridgehead atoms. The van der Waals surface area contributed by atoms with Crippen molar-refractivity contribution in [1.29, 1.82) is 0 Å². The summed E-state index contributed by atoms with van der Waals surface area (Å²) in [5.74, 6) is 0. The summed E-state index contributed by atoms with van der Waals surface area (Å²) >= 11 is 1.64. The SMILES string of the molecule is CN(C)c1ccccc1-c1cnc2sc(NC3CCCCC3)nn12. The lowest BCUT2D eigenvalue weighted by Crippen LogP contribution is -2.22. The van der Waals surface area contributed by atoms with E-state index in [0.29, 0.717) is 6.04 Å². The van der Waals surface area contributed by atoms with Gasteiger partial charge in [0.2, 0.25) is 10.1 Å². The van der Waals surface area contributed by atoms with E-state index in [1.807, 2.05) is 10.7 Å². The molecular weight excluding hydrogens is 318 g/mol. The maximum Gasteiger partial charge on any atom is 0.214 e. The summed E-state index contributed by atoms with van der Waals surface area (Å²) in [7, 11) is 4.13. The van der Waals surface area contributed by atoms with E-state index in [1.54, 1.807) is 11.3 Å². The Hall–Kier alpha value is -2.08. The van der Waals surface area contributed by atoms with E-state index >= 15 is 0 Å². The first-order valence-corrected chi connectivity index (χ1v) is 9.42. The number of nitrogens with one attached hydrogen (secondary N) is 1. The molecule has 1 fully saturated rings. The number of imidazole rings is 1. The molecule has 6 heteroatoms. The molecule has 24 heavy (non-hydrogen) atoms. The van der Waals surface area contributed by atoms with Crippen molar-refractivity contribution >= 4 is 27.1 Å². The highest BCUT2D eigenvalue weighted by molar-refractivity contribution is 7.20. The van der Waals surface area contributed by atoms with E-state index in [-0.39, 0.29) is 0 Å². The molecule has 2 heterocycles. The fourth-order valence-corrected chi connectivity index (χ4v) is 4.29. The number of para-hydroxylation sites is 1. The first-order valence-electron chi connectivity index (χ1n) is 8.60. The average Bonchev–Trinajstić information content (AvgIpc) is 3.15. The van der Waals surface area contributed by atoms with Crippen LogP contribution in [0, 0.1) is 0 Å². The summed E-state index contributed by atoms with van der Waals surface area (Å²) in [6, 6.07) is 8.95. The second-order valence-electron chi connectivity index (χ2n) is 6.64. The van der Waals surface area contributed by atoms with Crippen LogP contribution in [0.4, 0.5) is 10.8 Å². The monoisotopic (exact) mass is 341 g/mol. The van der Waals surface area contributed by atoms with E-state index in [9.17, 15) is 0 Å². The summed E-state index contributed by atoms with van der Waals surface area (Å²) in [5, 5.41) is 9.38. The van der Waals surface area contributed by atoms with Crippen LogP contribution in [0.15, 0.2) is 30.5 Å². The molecule has 0 radical (unpaired) electrons. The fourth-order valence-electron chi connectivity index (χ4n) is 3.44. The van der Waals surface area contributed by atoms with Crippen LogP contribution >= 0.6 is 11.3 Å². The van der Waals surface area contributed by atoms with Crippen LogP contribution < -0.4 is 10.2 Å². The zero-order valence-corrected chi connectivity index (χ0v) is 15.0. The predicted octanol–water partition coefficient (Wildman–Crippen LogP) is 4.27. The molecule has 1 aliphatic carbocycles. The summed E-state index contributed by atoms with van der Waals surface area (Å²) < 4.78 is 1.97. The van der Waals surface area contributed by atoms with Crippen LogP contribution in [0.1, 0.15) is 32.1 Å². The van der Waals surface area contributed by atoms with Gasteiger partial charge in [-0.2, -0.15) is 0 Å². The molecule has 4 rings (SSSR count). The van der Waals surface area contributed by atoms with Gasteiger partial charge in [0.05, 0.1) is 11.9 Å². The largest absolute Gasteiger partial charge is 0.377 e. The Morgan fingerprint density at radius 1 is 1.17 bits per heavy atom. The molecule has 1 N–H and O–H groups in total. The highest BCUT2D eigenvalue weighted by Crippen LogP contribution is 2.32. The maximum atomic E-state index is 4.79. The van der Waals surface area contributed by atoms with Crippen LogP contribution in [-0.2, 0) is 0 Å². The van der Waals surface area contributed by atoms with Gasteiger partial charge in [0.15, 0.2) is 0 Å². The van der Waals surface area contributed by atoms with Crippen LogP contribution in [-0.4, -0.2) is 34.7 Å². The van der Waals surface area contributed by atoms with Crippen LogP contribution in [0.25, 0.3) is 16.2 Å². The highest BCUT2D eigenvalue weighted by atomic mass is 32.1. The van der Waals surface area contributed by atoms with Gasteiger partial charge in [-0.05, 0) is 18.9 Å². The molecule has 0 saturated heterocycles. The van der Waals surface area contributed by atoms with Gasteiger partial charge < -0.3 is 10.2 Å². The molecule has 1 aliphatic rings. The molecule has 0 unspecified atom stereocenters. The molecule has 1 saturated carbocycles. The quantitative estimate of drug-likeness (QED) is 0.770. The molecule has 126 valence electrons. The molecule has 3 aromatic rings. The van der Waals surface area contributed by atoms with E-state index in [0.717, 1.165) is 21.3 Å². The van der Waals surface area contributed by atoms with Gasteiger partial charge in [-0.3, -0.25) is 0 Å². The van der Waals surface area contributed by atoms with Gasteiger partial charge in [0, 0.05) is 31.4 Å². The van der Waals surface area contributed by atoms with E-state index < -0.39 is 0 Å². The van der Waals surface area contributed by atoms with Crippen molar-refractivity contribution < 1.29 is 0 Å². The number of anilines is 2. The van der Waals surface area contributed by atoms with Crippen molar-refractivity contribution in [3.8, 4) is 11.3 Å². The molecule has 0 spiro atoms. The zero-order chi connectivity index (χ0) is 16.5. The maximum absolute atomic E-state index is 4.79. The van der Waals surface area contributed by atoms with Gasteiger partial charge in [0.25, 0.3) is 0 Å². The van der Waals surface area contributed by atoms with E-state index in [1.165, 1.54) is 37.8 Å². The topological polar surface area (TPSA) is 45.5 Å². The number of nitrogens with zero attached hydrogens (tertiary/aromatic N) is 4. The Kier molecular flexibility index (Phi) is 4.14. The van der Waals surface area contributed by atoms with Crippen molar-refractivity contribution in [3.63, 3.8) is 0 Å². The lowest BCUT2D eigenvalue weighted by molar-refractivity contribution is 0.462. The molecule has 0 amide bonds. The molecule has 0 atom stereocenters. The number of hydrogen-bond donors (Lipinski definition) is 1. The standard InChI is InChI=1S/C18H23N5S/c1-22(2)15-11-7-6-10-14(15)16-12-19-18-23(16)21-17(24-18)20-13-8-4-3-5-9-13/h6-7,10-13H,3-5,8-9H2,1-2H3,(H,20,21). The predicted molar refractivity (Wildman–Crippen MR) is 101 cm³/mol. The third kappa shape index (κ3) is 2.86. The Morgan fingerprint density at radius 3 is 2.75 bits per heavy atom. The number of hydrogen-bond acceptors (Lipinski definition) is 5. The summed E-state index contributed by atoms with van der Waals surface area (Å²) in [6.07, 6.45) is 8.43. The number of benzene rings is 1. The van der Waals surface area contributed by atoms with Crippen molar-refractivity contribution in [2.75, 3.05) is 24.3 Å². The molecule has 5 nitrogen and oxygen atoms in total. The van der Waals surface area contributed by atoms with Crippen LogP contribution in [0.3, 0.4) is 0 Å². The van der Waals surface area contributed by atoms with Gasteiger partial charge in [0.1, 0.15) is 0 Å². The summed E-state index contributed by atoms with van der Waals surface area (Å²) in [5.41, 5.74) is 3.38. The number of fused-ring (bicyclic) bond motifs is 1. The fraction of sp³-hybridized carbons (Fsp3) is 0.444. The Morgan fingerprint density at radius 2 is 1.96 bits per heavy atom. The van der Waals surface area contributed by atoms with E-state index in [4.69, 9.17) is 5.10 Å². The number of rotatable bonds is 4. The normalized spacial score (nSPS) is 15.8. The van der Waals surface area contributed by atoms with Gasteiger partial charge in [-0.25, -0.2) is 9.50 Å². The average molecular weight is 341 g/mol. The van der Waals surface area contributed by atoms with Crippen LogP contribution in [0.2, 0.25) is 0 Å². The van der Waals surface area contributed by atoms with Gasteiger partial charge >= 0.3 is 0 Å². The highest BCUT2D eigenvalue weighted by Gasteiger charge is 2.18. The Bertz CT molecular complexity index is 829. The van der Waals surface area contributed by atoms with Crippen molar-refractivity contribution in [3.05, 3.63) is 30.5 Å². The van der Waals surface area contributed by atoms with Crippen molar-refractivity contribution in [1.82, 2.24) is 14.6 Å². The zero-order valence-electron chi connectivity index (χ0n) is 14.2. The third-order valence-electron chi connectivity index (χ3n) is 4.68. The lowest BCUT2D eigenvalue weighted by Gasteiger charge is -2.21. The van der Waals surface area contributed by atoms with E-state index in [2.05, 4.69) is 53.6 Å². The first kappa shape index (κ1) is 15.4. The van der Waals surface area contributed by atoms with Crippen molar-refractivity contribution in [2.24, 2.45) is 0 Å². The Labute approximate surface area is 146 Å². The van der Waals surface area contributed by atoms with Gasteiger partial charge in [-0.1, -0.05) is 48.8 Å². The molecule has 1 aromatic carbocycles. The molecular formula is C18H23N5S. The minimum absolute atomic E-state index is 0.562. The molecule has 2 aromatic heterocycles. The van der Waals surface area contributed by atoms with Gasteiger partial charge in [-0.15, -0.1) is 5.10 Å². The second-order valence-corrected chi connectivity index (χ2v) is 7.59. The first-order chi connectivity index (χ1) is 11.7. The summed E-state index contributed by atoms with van der Waals surface area (Å²) in [4.78, 5) is 7.64. The van der Waals surface area contributed by atoms with Crippen LogP contribution in [0.5, 0.6) is 0 Å². The smallest absolute Gasteiger partial charge is 0.214 e. The molecule has 0 aliphatic heterocycles. The second kappa shape index (κ2) is 6.43. The number of aromatic nitrogens is 3. The third-order valence-corrected chi connectivity index (χ3v) is 5.53. The Balaban J connectivity index is 1.68.